The van der Waals surface area contributed by atoms with Gasteiger partial charge in [0.1, 0.15) is 11.5 Å². The van der Waals surface area contributed by atoms with Gasteiger partial charge in [0.05, 0.1) is 13.2 Å². The Morgan fingerprint density at radius 3 is 2.58 bits per heavy atom. The first-order valence-corrected chi connectivity index (χ1v) is 6.57. The Bertz CT molecular complexity index is 586. The summed E-state index contributed by atoms with van der Waals surface area (Å²) in [5.74, 6) is -0.0416. The summed E-state index contributed by atoms with van der Waals surface area (Å²) in [5.41, 5.74) is 7.86. The fraction of sp³-hybridized carbons (Fsp3) is 0.143. The molecule has 0 aliphatic heterocycles. The van der Waals surface area contributed by atoms with E-state index in [2.05, 4.69) is 20.9 Å². The van der Waals surface area contributed by atoms with Crippen molar-refractivity contribution in [3.8, 4) is 0 Å². The van der Waals surface area contributed by atoms with Gasteiger partial charge in [0.25, 0.3) is 0 Å². The molecule has 2 rings (SSSR count). The van der Waals surface area contributed by atoms with E-state index in [1.165, 1.54) is 0 Å². The third-order valence-electron chi connectivity index (χ3n) is 2.62. The second-order valence-electron chi connectivity index (χ2n) is 4.01. The first kappa shape index (κ1) is 13.7. The standard InChI is InChI=1S/C14H14BrN3O/c15-12-6-2-1-4-10(12)8-19-9-11-5-3-7-18-13(11)14(16)17/h1-7H,8-9H2,(H3,16,17). The molecule has 3 N–H and O–H groups in total. The van der Waals surface area contributed by atoms with E-state index < -0.39 is 0 Å². The Balaban J connectivity index is 2.00. The fourth-order valence-electron chi connectivity index (χ4n) is 1.68. The summed E-state index contributed by atoms with van der Waals surface area (Å²) in [4.78, 5) is 4.08. The van der Waals surface area contributed by atoms with E-state index in [-0.39, 0.29) is 5.84 Å². The molecule has 98 valence electrons. The lowest BCUT2D eigenvalue weighted by atomic mass is 10.2. The Labute approximate surface area is 120 Å². The molecule has 0 fully saturated rings. The molecule has 0 saturated carbocycles. The lowest BCUT2D eigenvalue weighted by Gasteiger charge is -2.09. The van der Waals surface area contributed by atoms with Crippen LogP contribution >= 0.6 is 15.9 Å². The molecule has 0 spiro atoms. The van der Waals surface area contributed by atoms with Gasteiger partial charge < -0.3 is 10.5 Å². The molecule has 0 aliphatic rings. The van der Waals surface area contributed by atoms with Crippen molar-refractivity contribution in [2.24, 2.45) is 5.73 Å². The van der Waals surface area contributed by atoms with E-state index in [4.69, 9.17) is 15.9 Å². The first-order chi connectivity index (χ1) is 9.18. The van der Waals surface area contributed by atoms with Gasteiger partial charge in [-0.15, -0.1) is 0 Å². The molecule has 0 unspecified atom stereocenters. The van der Waals surface area contributed by atoms with Crippen molar-refractivity contribution in [2.45, 2.75) is 13.2 Å². The van der Waals surface area contributed by atoms with Crippen LogP contribution in [-0.2, 0) is 18.0 Å². The van der Waals surface area contributed by atoms with Crippen molar-refractivity contribution < 1.29 is 4.74 Å². The molecule has 1 heterocycles. The third-order valence-corrected chi connectivity index (χ3v) is 3.39. The molecule has 0 aliphatic carbocycles. The molecule has 1 aromatic heterocycles. The van der Waals surface area contributed by atoms with Crippen LogP contribution in [0.2, 0.25) is 0 Å². The van der Waals surface area contributed by atoms with Crippen molar-refractivity contribution >= 4 is 21.8 Å². The van der Waals surface area contributed by atoms with Crippen molar-refractivity contribution in [2.75, 3.05) is 0 Å². The van der Waals surface area contributed by atoms with E-state index in [1.54, 1.807) is 6.20 Å². The number of nitrogens with one attached hydrogen (secondary N) is 1. The smallest absolute Gasteiger partial charge is 0.142 e. The SMILES string of the molecule is N=C(N)c1ncccc1COCc1ccccc1Br. The number of hydrogen-bond donors (Lipinski definition) is 2. The highest BCUT2D eigenvalue weighted by molar-refractivity contribution is 9.10. The molecule has 1 aromatic carbocycles. The highest BCUT2D eigenvalue weighted by atomic mass is 79.9. The molecule has 5 heteroatoms. The minimum atomic E-state index is -0.0416. The van der Waals surface area contributed by atoms with Crippen molar-refractivity contribution in [3.05, 3.63) is 63.9 Å². The third kappa shape index (κ3) is 3.62. The van der Waals surface area contributed by atoms with Crippen LogP contribution in [0.15, 0.2) is 47.1 Å². The number of benzene rings is 1. The second-order valence-corrected chi connectivity index (χ2v) is 4.86. The van der Waals surface area contributed by atoms with Crippen LogP contribution in [0.25, 0.3) is 0 Å². The first-order valence-electron chi connectivity index (χ1n) is 5.78. The quantitative estimate of drug-likeness (QED) is 0.657. The maximum absolute atomic E-state index is 7.46. The summed E-state index contributed by atoms with van der Waals surface area (Å²) in [6, 6.07) is 11.6. The molecule has 0 atom stereocenters. The number of halogens is 1. The van der Waals surface area contributed by atoms with Crippen LogP contribution in [0.3, 0.4) is 0 Å². The number of nitrogens with zero attached hydrogens (tertiary/aromatic N) is 1. The van der Waals surface area contributed by atoms with E-state index in [9.17, 15) is 0 Å². The summed E-state index contributed by atoms with van der Waals surface area (Å²) in [5, 5.41) is 7.46. The number of ether oxygens (including phenoxy) is 1. The zero-order valence-electron chi connectivity index (χ0n) is 10.3. The highest BCUT2D eigenvalue weighted by Gasteiger charge is 2.06. The van der Waals surface area contributed by atoms with Gasteiger partial charge in [0, 0.05) is 16.2 Å². The van der Waals surface area contributed by atoms with Crippen molar-refractivity contribution in [3.63, 3.8) is 0 Å². The number of hydrogen-bond acceptors (Lipinski definition) is 3. The number of aromatic nitrogens is 1. The molecule has 0 amide bonds. The Morgan fingerprint density at radius 1 is 1.16 bits per heavy atom. The van der Waals surface area contributed by atoms with Crippen LogP contribution in [0.4, 0.5) is 0 Å². The average molecular weight is 320 g/mol. The average Bonchev–Trinajstić information content (AvgIpc) is 2.41. The lowest BCUT2D eigenvalue weighted by molar-refractivity contribution is 0.106. The zero-order chi connectivity index (χ0) is 13.7. The lowest BCUT2D eigenvalue weighted by Crippen LogP contribution is -2.16. The molecule has 0 bridgehead atoms. The number of rotatable bonds is 5. The molecule has 0 saturated heterocycles. The minimum absolute atomic E-state index is 0.0416. The van der Waals surface area contributed by atoms with Crippen LogP contribution in [0.5, 0.6) is 0 Å². The summed E-state index contributed by atoms with van der Waals surface area (Å²) >= 11 is 3.47. The predicted molar refractivity (Wildman–Crippen MR) is 77.9 cm³/mol. The number of pyridine rings is 1. The molecule has 4 nitrogen and oxygen atoms in total. The topological polar surface area (TPSA) is 72.0 Å². The van der Waals surface area contributed by atoms with Gasteiger partial charge >= 0.3 is 0 Å². The van der Waals surface area contributed by atoms with Crippen molar-refractivity contribution in [1.82, 2.24) is 4.98 Å². The maximum Gasteiger partial charge on any atom is 0.142 e. The van der Waals surface area contributed by atoms with E-state index in [1.807, 2.05) is 36.4 Å². The van der Waals surface area contributed by atoms with Gasteiger partial charge in [-0.3, -0.25) is 10.4 Å². The monoisotopic (exact) mass is 319 g/mol. The van der Waals surface area contributed by atoms with Crippen LogP contribution in [0, 0.1) is 5.41 Å². The Kier molecular flexibility index (Phi) is 4.65. The van der Waals surface area contributed by atoms with Crippen LogP contribution in [0.1, 0.15) is 16.8 Å². The van der Waals surface area contributed by atoms with Gasteiger partial charge in [-0.1, -0.05) is 40.2 Å². The normalized spacial score (nSPS) is 10.4. The Hall–Kier alpha value is -1.72. The van der Waals surface area contributed by atoms with Gasteiger partial charge in [0.15, 0.2) is 0 Å². The van der Waals surface area contributed by atoms with Crippen molar-refractivity contribution in [1.29, 1.82) is 5.41 Å². The van der Waals surface area contributed by atoms with Gasteiger partial charge in [-0.25, -0.2) is 0 Å². The van der Waals surface area contributed by atoms with Crippen LogP contribution < -0.4 is 5.73 Å². The summed E-state index contributed by atoms with van der Waals surface area (Å²) < 4.78 is 6.68. The largest absolute Gasteiger partial charge is 0.382 e. The minimum Gasteiger partial charge on any atom is -0.382 e. The summed E-state index contributed by atoms with van der Waals surface area (Å²) in [7, 11) is 0. The molecule has 2 aromatic rings. The van der Waals surface area contributed by atoms with E-state index in [0.29, 0.717) is 18.9 Å². The van der Waals surface area contributed by atoms with Gasteiger partial charge in [-0.2, -0.15) is 0 Å². The summed E-state index contributed by atoms with van der Waals surface area (Å²) in [6.45, 7) is 0.873. The number of nitrogens with two attached hydrogens (primary N) is 1. The molecular weight excluding hydrogens is 306 g/mol. The number of nitrogen functional groups attached to an aromatic ring is 1. The van der Waals surface area contributed by atoms with Crippen LogP contribution in [-0.4, -0.2) is 10.8 Å². The molecule has 0 radical (unpaired) electrons. The van der Waals surface area contributed by atoms with Gasteiger partial charge in [0.2, 0.25) is 0 Å². The maximum atomic E-state index is 7.46. The Morgan fingerprint density at radius 2 is 1.84 bits per heavy atom. The molecule has 19 heavy (non-hydrogen) atoms. The zero-order valence-corrected chi connectivity index (χ0v) is 11.9. The highest BCUT2D eigenvalue weighted by Crippen LogP contribution is 2.17. The van der Waals surface area contributed by atoms with E-state index >= 15 is 0 Å². The van der Waals surface area contributed by atoms with E-state index in [0.717, 1.165) is 15.6 Å². The predicted octanol–water partition coefficient (Wildman–Crippen LogP) is 2.84. The van der Waals surface area contributed by atoms with Gasteiger partial charge in [-0.05, 0) is 17.7 Å². The second kappa shape index (κ2) is 6.45. The number of amidine groups is 1. The fourth-order valence-corrected chi connectivity index (χ4v) is 2.08. The molecular formula is C14H14BrN3O. The summed E-state index contributed by atoms with van der Waals surface area (Å²) in [6.07, 6.45) is 1.62.